The summed E-state index contributed by atoms with van der Waals surface area (Å²) in [4.78, 5) is 46.6. The fraction of sp³-hybridized carbons (Fsp3) is 0.423. The summed E-state index contributed by atoms with van der Waals surface area (Å²) in [6.45, 7) is 2.59. The molecule has 0 spiro atoms. The van der Waals surface area contributed by atoms with Crippen LogP contribution < -0.4 is 5.01 Å². The van der Waals surface area contributed by atoms with Crippen molar-refractivity contribution in [3.63, 3.8) is 0 Å². The molecule has 3 atom stereocenters. The minimum atomic E-state index is -1.49. The summed E-state index contributed by atoms with van der Waals surface area (Å²) in [6.07, 6.45) is 7.25. The molecule has 11 nitrogen and oxygen atoms in total. The molecule has 11 heteroatoms. The number of carbonyl (C=O) groups excluding carboxylic acids is 2. The Balaban J connectivity index is 0.000000173. The van der Waals surface area contributed by atoms with Crippen molar-refractivity contribution in [2.75, 3.05) is 11.6 Å². The van der Waals surface area contributed by atoms with Crippen molar-refractivity contribution in [1.29, 1.82) is 0 Å². The van der Waals surface area contributed by atoms with Crippen LogP contribution in [0.15, 0.2) is 59.7 Å². The Kier molecular flexibility index (Phi) is 8.02. The van der Waals surface area contributed by atoms with Crippen LogP contribution in [0.25, 0.3) is 0 Å². The van der Waals surface area contributed by atoms with E-state index in [-0.39, 0.29) is 17.1 Å². The van der Waals surface area contributed by atoms with Crippen LogP contribution in [0.5, 0.6) is 0 Å². The van der Waals surface area contributed by atoms with E-state index in [1.165, 1.54) is 69.8 Å². The lowest BCUT2D eigenvalue weighted by atomic mass is 10.0. The first kappa shape index (κ1) is 26.1. The third kappa shape index (κ3) is 5.88. The van der Waals surface area contributed by atoms with E-state index in [9.17, 15) is 29.8 Å². The fourth-order valence-corrected chi connectivity index (χ4v) is 5.24. The molecule has 3 heterocycles. The van der Waals surface area contributed by atoms with Crippen LogP contribution in [-0.4, -0.2) is 56.8 Å². The number of fused-ring (bicyclic) bond motifs is 1. The molecule has 0 saturated carbocycles. The standard InChI is InChI=1S/C16H21NO.C10H8N4O5/c18-16(13-6-2-1-3-7-13)12-15-10-9-14-8-4-5-11-17(14)15;1-6-9(14(18)19)10(15)12(11-6)7-2-4-8(5-3-7)13(16)17/h1-3,6-7,14-15H,4-5,8-12H2;2-5,9H,1H3. The molecule has 194 valence electrons. The van der Waals surface area contributed by atoms with Gasteiger partial charge in [-0.1, -0.05) is 36.8 Å². The Bertz CT molecular complexity index is 1200. The van der Waals surface area contributed by atoms with E-state index in [0.29, 0.717) is 18.2 Å². The number of hydrogen-bond donors (Lipinski definition) is 0. The van der Waals surface area contributed by atoms with Crippen molar-refractivity contribution < 1.29 is 19.4 Å². The number of nitro benzene ring substituents is 1. The maximum absolute atomic E-state index is 12.2. The Morgan fingerprint density at radius 1 is 1.00 bits per heavy atom. The van der Waals surface area contributed by atoms with E-state index >= 15 is 0 Å². The predicted molar refractivity (Wildman–Crippen MR) is 137 cm³/mol. The molecule has 0 aromatic heterocycles. The van der Waals surface area contributed by atoms with Crippen LogP contribution in [0.2, 0.25) is 0 Å². The molecule has 5 rings (SSSR count). The van der Waals surface area contributed by atoms with Gasteiger partial charge in [0.15, 0.2) is 5.78 Å². The average molecular weight is 508 g/mol. The third-order valence-corrected chi connectivity index (χ3v) is 7.10. The first-order valence-corrected chi connectivity index (χ1v) is 12.4. The van der Waals surface area contributed by atoms with Gasteiger partial charge >= 0.3 is 11.9 Å². The van der Waals surface area contributed by atoms with Gasteiger partial charge in [-0.05, 0) is 51.3 Å². The molecule has 0 N–H and O–H groups in total. The van der Waals surface area contributed by atoms with Gasteiger partial charge in [0.1, 0.15) is 5.71 Å². The van der Waals surface area contributed by atoms with Crippen molar-refractivity contribution in [1.82, 2.24) is 4.90 Å². The molecule has 37 heavy (non-hydrogen) atoms. The zero-order valence-electron chi connectivity index (χ0n) is 20.6. The fourth-order valence-electron chi connectivity index (χ4n) is 5.24. The van der Waals surface area contributed by atoms with E-state index in [0.717, 1.165) is 16.6 Å². The highest BCUT2D eigenvalue weighted by atomic mass is 16.6. The van der Waals surface area contributed by atoms with Crippen LogP contribution in [0.4, 0.5) is 11.4 Å². The Labute approximate surface area is 214 Å². The second kappa shape index (κ2) is 11.4. The summed E-state index contributed by atoms with van der Waals surface area (Å²) < 4.78 is 0. The van der Waals surface area contributed by atoms with Crippen LogP contribution in [0.1, 0.15) is 55.8 Å². The molecule has 3 aliphatic rings. The van der Waals surface area contributed by atoms with Crippen LogP contribution in [0, 0.1) is 20.2 Å². The van der Waals surface area contributed by atoms with Gasteiger partial charge in [0.2, 0.25) is 0 Å². The smallest absolute Gasteiger partial charge is 0.297 e. The van der Waals surface area contributed by atoms with Crippen molar-refractivity contribution in [2.45, 2.75) is 63.6 Å². The van der Waals surface area contributed by atoms with Gasteiger partial charge in [-0.15, -0.1) is 0 Å². The number of nitro groups is 2. The lowest BCUT2D eigenvalue weighted by Crippen LogP contribution is -2.40. The van der Waals surface area contributed by atoms with Gasteiger partial charge in [-0.25, -0.2) is 0 Å². The highest BCUT2D eigenvalue weighted by Crippen LogP contribution is 2.33. The average Bonchev–Trinajstić information content (AvgIpc) is 3.44. The van der Waals surface area contributed by atoms with E-state index in [1.807, 2.05) is 30.3 Å². The number of nitrogens with zero attached hydrogens (tertiary/aromatic N) is 5. The zero-order valence-corrected chi connectivity index (χ0v) is 20.6. The van der Waals surface area contributed by atoms with Crippen molar-refractivity contribution >= 4 is 28.8 Å². The Morgan fingerprint density at radius 3 is 2.32 bits per heavy atom. The molecule has 3 unspecified atom stereocenters. The van der Waals surface area contributed by atoms with Gasteiger partial charge in [-0.3, -0.25) is 34.7 Å². The van der Waals surface area contributed by atoms with Crippen molar-refractivity contribution in [3.8, 4) is 0 Å². The van der Waals surface area contributed by atoms with Gasteiger partial charge in [0.25, 0.3) is 5.69 Å². The summed E-state index contributed by atoms with van der Waals surface area (Å²) in [7, 11) is 0. The topological polar surface area (TPSA) is 139 Å². The lowest BCUT2D eigenvalue weighted by molar-refractivity contribution is -0.488. The minimum absolute atomic E-state index is 0.0772. The molecule has 0 aliphatic carbocycles. The summed E-state index contributed by atoms with van der Waals surface area (Å²) >= 11 is 0. The summed E-state index contributed by atoms with van der Waals surface area (Å²) in [6, 6.07) is 14.6. The van der Waals surface area contributed by atoms with Crippen LogP contribution in [-0.2, 0) is 4.79 Å². The van der Waals surface area contributed by atoms with E-state index in [1.54, 1.807) is 0 Å². The van der Waals surface area contributed by atoms with Crippen molar-refractivity contribution in [3.05, 3.63) is 80.4 Å². The number of carbonyl (C=O) groups is 2. The molecule has 2 aromatic carbocycles. The molecule has 3 aliphatic heterocycles. The number of ketones is 1. The SMILES string of the molecule is CC1=NN(c2ccc([N+](=O)[O-])cc2)C(=O)C1[N+](=O)[O-].O=C(CC1CCC2CCCCN21)c1ccccc1. The van der Waals surface area contributed by atoms with E-state index in [4.69, 9.17) is 0 Å². The molecule has 0 radical (unpaired) electrons. The van der Waals surface area contributed by atoms with Gasteiger partial charge in [0, 0.05) is 41.1 Å². The zero-order chi connectivity index (χ0) is 26.5. The second-order valence-corrected chi connectivity index (χ2v) is 9.46. The van der Waals surface area contributed by atoms with Gasteiger partial charge in [0.05, 0.1) is 10.6 Å². The predicted octanol–water partition coefficient (Wildman–Crippen LogP) is 4.24. The molecule has 2 fully saturated rings. The third-order valence-electron chi connectivity index (χ3n) is 7.10. The first-order chi connectivity index (χ1) is 17.8. The molecule has 1 amide bonds. The molecular formula is C26H29N5O6. The second-order valence-electron chi connectivity index (χ2n) is 9.46. The van der Waals surface area contributed by atoms with Crippen LogP contribution >= 0.6 is 0 Å². The van der Waals surface area contributed by atoms with Crippen LogP contribution in [0.3, 0.4) is 0 Å². The Morgan fingerprint density at radius 2 is 1.70 bits per heavy atom. The number of non-ortho nitro benzene ring substituents is 1. The van der Waals surface area contributed by atoms with Gasteiger partial charge < -0.3 is 0 Å². The number of hydrogen-bond acceptors (Lipinski definition) is 8. The minimum Gasteiger partial charge on any atom is -0.297 e. The number of hydrazone groups is 1. The maximum Gasteiger partial charge on any atom is 0.331 e. The highest BCUT2D eigenvalue weighted by molar-refractivity contribution is 6.17. The number of amides is 1. The summed E-state index contributed by atoms with van der Waals surface area (Å²) in [5.41, 5.74) is 1.06. The summed E-state index contributed by atoms with van der Waals surface area (Å²) in [5.74, 6) is -0.469. The molecule has 0 bridgehead atoms. The number of benzene rings is 2. The largest absolute Gasteiger partial charge is 0.331 e. The monoisotopic (exact) mass is 507 g/mol. The quantitative estimate of drug-likeness (QED) is 0.324. The molecule has 2 aromatic rings. The van der Waals surface area contributed by atoms with E-state index in [2.05, 4.69) is 10.0 Å². The number of piperidine rings is 1. The molecular weight excluding hydrogens is 478 g/mol. The first-order valence-electron chi connectivity index (χ1n) is 12.4. The maximum atomic E-state index is 12.2. The highest BCUT2D eigenvalue weighted by Gasteiger charge is 2.43. The number of Topliss-reactive ketones (excluding diaryl/α,β-unsaturated/α-hetero) is 1. The normalized spacial score (nSPS) is 23.1. The van der Waals surface area contributed by atoms with Crippen molar-refractivity contribution in [2.24, 2.45) is 5.10 Å². The number of rotatable bonds is 6. The lowest BCUT2D eigenvalue weighted by Gasteiger charge is -2.33. The Hall–Kier alpha value is -3.99. The molecule has 2 saturated heterocycles. The summed E-state index contributed by atoms with van der Waals surface area (Å²) in [5, 5.41) is 25.9. The number of anilines is 1. The van der Waals surface area contributed by atoms with E-state index < -0.39 is 21.8 Å². The van der Waals surface area contributed by atoms with Gasteiger partial charge in [-0.2, -0.15) is 10.1 Å².